The molecule has 2 rings (SSSR count). The Morgan fingerprint density at radius 1 is 1.50 bits per heavy atom. The van der Waals surface area contributed by atoms with Gasteiger partial charge in [0.25, 0.3) is 0 Å². The second kappa shape index (κ2) is 4.17. The third-order valence-corrected chi connectivity index (χ3v) is 2.89. The van der Waals surface area contributed by atoms with Crippen LogP contribution in [0.1, 0.15) is 24.7 Å². The van der Waals surface area contributed by atoms with Crippen LogP contribution in [0.3, 0.4) is 0 Å². The molecular formula is C9H12N4O2S. The summed E-state index contributed by atoms with van der Waals surface area (Å²) in [4.78, 5) is 11.2. The molecule has 0 unspecified atom stereocenters. The first-order valence-electron chi connectivity index (χ1n) is 4.98. The van der Waals surface area contributed by atoms with Crippen molar-refractivity contribution in [3.63, 3.8) is 0 Å². The van der Waals surface area contributed by atoms with Gasteiger partial charge in [0.1, 0.15) is 5.01 Å². The molecular weight excluding hydrogens is 228 g/mol. The zero-order valence-corrected chi connectivity index (χ0v) is 9.86. The lowest BCUT2D eigenvalue weighted by molar-refractivity contribution is -0.136. The quantitative estimate of drug-likeness (QED) is 0.862. The largest absolute Gasteiger partial charge is 0.481 e. The Morgan fingerprint density at radius 2 is 2.25 bits per heavy atom. The van der Waals surface area contributed by atoms with Gasteiger partial charge in [0.05, 0.1) is 6.42 Å². The molecule has 86 valence electrons. The number of aliphatic carboxylic acids is 1. The van der Waals surface area contributed by atoms with Gasteiger partial charge in [-0.1, -0.05) is 25.2 Å². The highest BCUT2D eigenvalue weighted by atomic mass is 32.1. The number of rotatable bonds is 4. The van der Waals surface area contributed by atoms with Crippen molar-refractivity contribution >= 4 is 22.3 Å². The summed E-state index contributed by atoms with van der Waals surface area (Å²) in [7, 11) is 0. The van der Waals surface area contributed by atoms with Gasteiger partial charge >= 0.3 is 5.97 Å². The van der Waals surface area contributed by atoms with Gasteiger partial charge in [0.15, 0.2) is 5.82 Å². The van der Waals surface area contributed by atoms with Crippen molar-refractivity contribution in [2.45, 2.75) is 26.7 Å². The maximum atomic E-state index is 10.6. The highest BCUT2D eigenvalue weighted by molar-refractivity contribution is 7.16. The third-order valence-electron chi connectivity index (χ3n) is 1.99. The van der Waals surface area contributed by atoms with Crippen LogP contribution in [0.4, 0.5) is 0 Å². The van der Waals surface area contributed by atoms with Crippen LogP contribution in [-0.4, -0.2) is 30.9 Å². The normalized spacial score (nSPS) is 11.4. The lowest BCUT2D eigenvalue weighted by atomic mass is 10.1. The van der Waals surface area contributed by atoms with E-state index in [1.54, 1.807) is 4.52 Å². The van der Waals surface area contributed by atoms with Gasteiger partial charge in [0, 0.05) is 6.42 Å². The minimum Gasteiger partial charge on any atom is -0.481 e. The average molecular weight is 240 g/mol. The average Bonchev–Trinajstić information content (AvgIpc) is 2.66. The van der Waals surface area contributed by atoms with Gasteiger partial charge < -0.3 is 5.11 Å². The molecule has 0 aliphatic carbocycles. The van der Waals surface area contributed by atoms with Crippen molar-refractivity contribution in [2.24, 2.45) is 5.92 Å². The van der Waals surface area contributed by atoms with Crippen LogP contribution in [0, 0.1) is 5.92 Å². The summed E-state index contributed by atoms with van der Waals surface area (Å²) in [5.41, 5.74) is 0. The molecule has 0 saturated carbocycles. The fourth-order valence-electron chi connectivity index (χ4n) is 1.39. The monoisotopic (exact) mass is 240 g/mol. The summed E-state index contributed by atoms with van der Waals surface area (Å²) >= 11 is 1.27. The summed E-state index contributed by atoms with van der Waals surface area (Å²) < 4.78 is 1.64. The van der Waals surface area contributed by atoms with Gasteiger partial charge in [0.2, 0.25) is 4.96 Å². The number of hydrogen-bond donors (Lipinski definition) is 1. The number of nitrogens with zero attached hydrogens (tertiary/aromatic N) is 4. The number of carboxylic acid groups (broad SMARTS) is 1. The minimum atomic E-state index is -0.879. The van der Waals surface area contributed by atoms with E-state index in [4.69, 9.17) is 5.11 Å². The zero-order chi connectivity index (χ0) is 11.7. The van der Waals surface area contributed by atoms with Gasteiger partial charge in [-0.3, -0.25) is 4.79 Å². The summed E-state index contributed by atoms with van der Waals surface area (Å²) in [6.07, 6.45) is 0.729. The molecule has 0 saturated heterocycles. The summed E-state index contributed by atoms with van der Waals surface area (Å²) in [5, 5.41) is 21.4. The first-order chi connectivity index (χ1) is 7.56. The van der Waals surface area contributed by atoms with E-state index >= 15 is 0 Å². The van der Waals surface area contributed by atoms with Crippen LogP contribution < -0.4 is 0 Å². The lowest BCUT2D eigenvalue weighted by Gasteiger charge is -1.99. The van der Waals surface area contributed by atoms with E-state index in [2.05, 4.69) is 29.1 Å². The molecule has 0 aromatic carbocycles. The first kappa shape index (κ1) is 11.0. The lowest BCUT2D eigenvalue weighted by Crippen LogP contribution is -2.04. The molecule has 0 amide bonds. The molecule has 2 aromatic heterocycles. The molecule has 6 nitrogen and oxygen atoms in total. The summed E-state index contributed by atoms with van der Waals surface area (Å²) in [6.45, 7) is 4.18. The maximum Gasteiger partial charge on any atom is 0.310 e. The Kier molecular flexibility index (Phi) is 2.86. The van der Waals surface area contributed by atoms with E-state index in [9.17, 15) is 4.79 Å². The van der Waals surface area contributed by atoms with E-state index in [0.717, 1.165) is 12.2 Å². The van der Waals surface area contributed by atoms with E-state index in [1.165, 1.54) is 11.3 Å². The maximum absolute atomic E-state index is 10.6. The molecule has 7 heteroatoms. The predicted octanol–water partition coefficient (Wildman–Crippen LogP) is 1.01. The van der Waals surface area contributed by atoms with E-state index < -0.39 is 5.97 Å². The minimum absolute atomic E-state index is 0.0604. The first-order valence-corrected chi connectivity index (χ1v) is 5.79. The fraction of sp³-hybridized carbons (Fsp3) is 0.556. The Hall–Kier alpha value is -1.50. The second-order valence-corrected chi connectivity index (χ2v) is 5.02. The molecule has 0 radical (unpaired) electrons. The molecule has 0 aliphatic heterocycles. The molecule has 0 spiro atoms. The highest BCUT2D eigenvalue weighted by Crippen LogP contribution is 2.16. The van der Waals surface area contributed by atoms with Crippen molar-refractivity contribution in [3.8, 4) is 0 Å². The smallest absolute Gasteiger partial charge is 0.310 e. The topological polar surface area (TPSA) is 80.4 Å². The van der Waals surface area contributed by atoms with E-state index in [-0.39, 0.29) is 6.42 Å². The molecule has 0 fully saturated rings. The van der Waals surface area contributed by atoms with Crippen LogP contribution in [0.15, 0.2) is 0 Å². The Balaban J connectivity index is 2.31. The number of aromatic nitrogens is 4. The molecule has 16 heavy (non-hydrogen) atoms. The van der Waals surface area contributed by atoms with Gasteiger partial charge in [-0.05, 0) is 5.92 Å². The Bertz CT molecular complexity index is 517. The van der Waals surface area contributed by atoms with Crippen LogP contribution in [0.25, 0.3) is 4.96 Å². The number of carbonyl (C=O) groups is 1. The zero-order valence-electron chi connectivity index (χ0n) is 9.04. The molecule has 2 aromatic rings. The van der Waals surface area contributed by atoms with Gasteiger partial charge in [-0.25, -0.2) is 0 Å². The van der Waals surface area contributed by atoms with Crippen LogP contribution in [0.5, 0.6) is 0 Å². The number of hydrogen-bond acceptors (Lipinski definition) is 5. The highest BCUT2D eigenvalue weighted by Gasteiger charge is 2.14. The molecule has 1 N–H and O–H groups in total. The SMILES string of the molecule is CC(C)Cc1nnc2sc(CC(=O)O)nn12. The van der Waals surface area contributed by atoms with E-state index in [1.807, 2.05) is 0 Å². The molecule has 0 aliphatic rings. The Morgan fingerprint density at radius 3 is 2.88 bits per heavy atom. The second-order valence-electron chi connectivity index (χ2n) is 3.97. The van der Waals surface area contributed by atoms with Crippen molar-refractivity contribution in [3.05, 3.63) is 10.8 Å². The van der Waals surface area contributed by atoms with Crippen molar-refractivity contribution < 1.29 is 9.90 Å². The summed E-state index contributed by atoms with van der Waals surface area (Å²) in [5.74, 6) is 0.380. The molecule has 0 atom stereocenters. The fourth-order valence-corrected chi connectivity index (χ4v) is 2.23. The standard InChI is InChI=1S/C9H12N4O2S/c1-5(2)3-6-10-11-9-13(6)12-7(16-9)4-8(14)15/h5H,3-4H2,1-2H3,(H,14,15). The van der Waals surface area contributed by atoms with Gasteiger partial charge in [-0.2, -0.15) is 9.61 Å². The van der Waals surface area contributed by atoms with Crippen molar-refractivity contribution in [1.82, 2.24) is 19.8 Å². The van der Waals surface area contributed by atoms with Gasteiger partial charge in [-0.15, -0.1) is 10.2 Å². The van der Waals surface area contributed by atoms with E-state index in [0.29, 0.717) is 15.9 Å². The van der Waals surface area contributed by atoms with Crippen LogP contribution in [-0.2, 0) is 17.6 Å². The number of carboxylic acids is 1. The molecule has 0 bridgehead atoms. The number of fused-ring (bicyclic) bond motifs is 1. The summed E-state index contributed by atoms with van der Waals surface area (Å²) in [6, 6.07) is 0. The third kappa shape index (κ3) is 2.19. The van der Waals surface area contributed by atoms with Crippen molar-refractivity contribution in [1.29, 1.82) is 0 Å². The van der Waals surface area contributed by atoms with Crippen LogP contribution >= 0.6 is 11.3 Å². The Labute approximate surface area is 95.9 Å². The molecule has 2 heterocycles. The predicted molar refractivity (Wildman–Crippen MR) is 58.5 cm³/mol. The van der Waals surface area contributed by atoms with Crippen molar-refractivity contribution in [2.75, 3.05) is 0 Å². The van der Waals surface area contributed by atoms with Crippen LogP contribution in [0.2, 0.25) is 0 Å².